The Bertz CT molecular complexity index is 1570. The van der Waals surface area contributed by atoms with Crippen LogP contribution in [0, 0.1) is 11.6 Å². The number of fused-ring (bicyclic) bond motifs is 1. The Morgan fingerprint density at radius 2 is 1.95 bits per heavy atom. The van der Waals surface area contributed by atoms with Crippen LogP contribution in [0.3, 0.4) is 0 Å². The fraction of sp³-hybridized carbons (Fsp3) is 0.333. The molecule has 208 valence electrons. The Labute approximate surface area is 234 Å². The monoisotopic (exact) mass is 567 g/mol. The molecular formula is C30H28ClF2N3O4. The highest BCUT2D eigenvalue weighted by Gasteiger charge is 2.29. The van der Waals surface area contributed by atoms with Gasteiger partial charge in [-0.25, -0.2) is 18.6 Å². The van der Waals surface area contributed by atoms with Crippen LogP contribution in [0.1, 0.15) is 46.1 Å². The normalized spacial score (nSPS) is 19.2. The van der Waals surface area contributed by atoms with Gasteiger partial charge in [-0.05, 0) is 79.0 Å². The third kappa shape index (κ3) is 5.54. The number of hydrogen-bond donors (Lipinski definition) is 1. The summed E-state index contributed by atoms with van der Waals surface area (Å²) in [4.78, 5) is 18.6. The van der Waals surface area contributed by atoms with Crippen LogP contribution in [0.2, 0.25) is 5.02 Å². The highest BCUT2D eigenvalue weighted by Crippen LogP contribution is 2.32. The average Bonchev–Trinajstić information content (AvgIpc) is 3.50. The molecule has 3 heterocycles. The maximum absolute atomic E-state index is 14.9. The molecule has 0 spiro atoms. The van der Waals surface area contributed by atoms with Crippen LogP contribution in [-0.4, -0.2) is 51.3 Å². The van der Waals surface area contributed by atoms with E-state index in [0.29, 0.717) is 25.2 Å². The molecule has 0 amide bonds. The van der Waals surface area contributed by atoms with Crippen LogP contribution < -0.4 is 4.74 Å². The number of hydrogen-bond acceptors (Lipinski definition) is 5. The van der Waals surface area contributed by atoms with E-state index < -0.39 is 11.8 Å². The highest BCUT2D eigenvalue weighted by molar-refractivity contribution is 6.30. The van der Waals surface area contributed by atoms with Gasteiger partial charge in [-0.2, -0.15) is 0 Å². The SMILES string of the molecule is O=C(O)c1ccc2nc(CN3CCC(c4cc(COc5ccc(Cl)cc5F)ccc4F)C3)n(CC3CCO3)c2c1. The first-order chi connectivity index (χ1) is 19.3. The van der Waals surface area contributed by atoms with E-state index in [0.717, 1.165) is 48.4 Å². The van der Waals surface area contributed by atoms with E-state index in [1.54, 1.807) is 36.4 Å². The molecule has 0 bridgehead atoms. The lowest BCUT2D eigenvalue weighted by Gasteiger charge is -2.28. The van der Waals surface area contributed by atoms with Gasteiger partial charge in [-0.3, -0.25) is 4.90 Å². The lowest BCUT2D eigenvalue weighted by atomic mass is 9.96. The second kappa shape index (κ2) is 11.2. The molecule has 0 aliphatic carbocycles. The molecule has 10 heteroatoms. The van der Waals surface area contributed by atoms with Crippen LogP contribution in [-0.2, 0) is 24.4 Å². The van der Waals surface area contributed by atoms with E-state index in [-0.39, 0.29) is 40.8 Å². The van der Waals surface area contributed by atoms with Crippen LogP contribution in [0.5, 0.6) is 5.75 Å². The van der Waals surface area contributed by atoms with Crippen LogP contribution >= 0.6 is 11.6 Å². The van der Waals surface area contributed by atoms with Gasteiger partial charge in [-0.15, -0.1) is 0 Å². The minimum absolute atomic E-state index is 0.0152. The standard InChI is InChI=1S/C30H28ClF2N3O4/c31-21-3-6-28(25(33)13-21)40-17-18-1-4-24(32)23(11-18)20-7-9-35(14-20)16-29-34-26-5-2-19(30(37)38)12-27(26)36(29)15-22-8-10-39-22/h1-6,11-13,20,22H,7-10,14-17H2,(H,37,38). The molecule has 3 aromatic carbocycles. The van der Waals surface area contributed by atoms with Gasteiger partial charge in [0.2, 0.25) is 0 Å². The first kappa shape index (κ1) is 26.7. The van der Waals surface area contributed by atoms with Gasteiger partial charge in [-0.1, -0.05) is 17.7 Å². The minimum Gasteiger partial charge on any atom is -0.486 e. The first-order valence-electron chi connectivity index (χ1n) is 13.3. The molecule has 40 heavy (non-hydrogen) atoms. The second-order valence-electron chi connectivity index (χ2n) is 10.4. The molecule has 2 saturated heterocycles. The number of benzene rings is 3. The van der Waals surface area contributed by atoms with E-state index in [4.69, 9.17) is 26.1 Å². The van der Waals surface area contributed by atoms with E-state index in [9.17, 15) is 18.7 Å². The molecule has 2 aliphatic heterocycles. The maximum atomic E-state index is 14.9. The van der Waals surface area contributed by atoms with E-state index >= 15 is 0 Å². The number of aromatic carboxylic acids is 1. The summed E-state index contributed by atoms with van der Waals surface area (Å²) in [5.74, 6) is -0.890. The molecule has 2 aliphatic rings. The number of halogens is 3. The fourth-order valence-corrected chi connectivity index (χ4v) is 5.60. The topological polar surface area (TPSA) is 76.8 Å². The Kier molecular flexibility index (Phi) is 7.44. The molecule has 2 fully saturated rings. The zero-order chi connectivity index (χ0) is 27.8. The summed E-state index contributed by atoms with van der Waals surface area (Å²) in [6, 6.07) is 14.1. The number of rotatable bonds is 9. The average molecular weight is 568 g/mol. The zero-order valence-electron chi connectivity index (χ0n) is 21.7. The van der Waals surface area contributed by atoms with Crippen LogP contribution in [0.25, 0.3) is 11.0 Å². The van der Waals surface area contributed by atoms with Crippen molar-refractivity contribution in [1.82, 2.24) is 14.5 Å². The molecule has 6 rings (SSSR count). The van der Waals surface area contributed by atoms with Gasteiger partial charge in [0.1, 0.15) is 18.2 Å². The van der Waals surface area contributed by atoms with Gasteiger partial charge in [0.05, 0.1) is 35.8 Å². The number of carboxylic acids is 1. The number of likely N-dealkylation sites (tertiary alicyclic amines) is 1. The first-order valence-corrected chi connectivity index (χ1v) is 13.6. The predicted octanol–water partition coefficient (Wildman–Crippen LogP) is 6.02. The fourth-order valence-electron chi connectivity index (χ4n) is 5.44. The van der Waals surface area contributed by atoms with Gasteiger partial charge >= 0.3 is 5.97 Å². The maximum Gasteiger partial charge on any atom is 0.335 e. The third-order valence-corrected chi connectivity index (χ3v) is 7.91. The number of ether oxygens (including phenoxy) is 2. The lowest BCUT2D eigenvalue weighted by molar-refractivity contribution is -0.0591. The summed E-state index contributed by atoms with van der Waals surface area (Å²) in [6.45, 7) is 3.41. The van der Waals surface area contributed by atoms with Crippen LogP contribution in [0.4, 0.5) is 8.78 Å². The summed E-state index contributed by atoms with van der Waals surface area (Å²) in [7, 11) is 0. The molecule has 7 nitrogen and oxygen atoms in total. The van der Waals surface area contributed by atoms with Crippen molar-refractivity contribution in [3.05, 3.63) is 93.8 Å². The molecular weight excluding hydrogens is 540 g/mol. The van der Waals surface area contributed by atoms with E-state index in [1.165, 1.54) is 18.2 Å². The number of carboxylic acid groups (broad SMARTS) is 1. The zero-order valence-corrected chi connectivity index (χ0v) is 22.4. The summed E-state index contributed by atoms with van der Waals surface area (Å²) in [5, 5.41) is 9.77. The minimum atomic E-state index is -0.980. The quantitative estimate of drug-likeness (QED) is 0.266. The third-order valence-electron chi connectivity index (χ3n) is 7.68. The summed E-state index contributed by atoms with van der Waals surface area (Å²) >= 11 is 5.81. The van der Waals surface area contributed by atoms with Gasteiger partial charge in [0.25, 0.3) is 0 Å². The lowest BCUT2D eigenvalue weighted by Crippen LogP contribution is -2.32. The van der Waals surface area contributed by atoms with E-state index in [2.05, 4.69) is 9.47 Å². The van der Waals surface area contributed by atoms with Crippen molar-refractivity contribution in [3.63, 3.8) is 0 Å². The number of carbonyl (C=O) groups is 1. The Morgan fingerprint density at radius 3 is 2.70 bits per heavy atom. The Morgan fingerprint density at radius 1 is 1.10 bits per heavy atom. The number of aromatic nitrogens is 2. The molecule has 2 atom stereocenters. The van der Waals surface area contributed by atoms with Crippen molar-refractivity contribution in [2.75, 3.05) is 19.7 Å². The van der Waals surface area contributed by atoms with Crippen molar-refractivity contribution in [2.24, 2.45) is 0 Å². The van der Waals surface area contributed by atoms with Crippen molar-refractivity contribution in [1.29, 1.82) is 0 Å². The molecule has 0 saturated carbocycles. The molecule has 1 N–H and O–H groups in total. The van der Waals surface area contributed by atoms with Gasteiger partial charge in [0, 0.05) is 24.1 Å². The highest BCUT2D eigenvalue weighted by atomic mass is 35.5. The van der Waals surface area contributed by atoms with Gasteiger partial charge < -0.3 is 19.1 Å². The molecule has 4 aromatic rings. The summed E-state index contributed by atoms with van der Waals surface area (Å²) in [6.07, 6.45) is 1.81. The molecule has 1 aromatic heterocycles. The largest absolute Gasteiger partial charge is 0.486 e. The van der Waals surface area contributed by atoms with E-state index in [1.807, 2.05) is 0 Å². The van der Waals surface area contributed by atoms with Crippen LogP contribution in [0.15, 0.2) is 54.6 Å². The summed E-state index contributed by atoms with van der Waals surface area (Å²) < 4.78 is 42.4. The smallest absolute Gasteiger partial charge is 0.335 e. The summed E-state index contributed by atoms with van der Waals surface area (Å²) in [5.41, 5.74) is 3.10. The predicted molar refractivity (Wildman–Crippen MR) is 146 cm³/mol. The van der Waals surface area contributed by atoms with Crippen molar-refractivity contribution in [2.45, 2.75) is 44.6 Å². The van der Waals surface area contributed by atoms with Crippen molar-refractivity contribution >= 4 is 28.6 Å². The van der Waals surface area contributed by atoms with Crippen molar-refractivity contribution < 1.29 is 28.2 Å². The van der Waals surface area contributed by atoms with Gasteiger partial charge in [0.15, 0.2) is 11.6 Å². The molecule has 2 unspecified atom stereocenters. The second-order valence-corrected chi connectivity index (χ2v) is 10.8. The Balaban J connectivity index is 1.17. The van der Waals surface area contributed by atoms with Crippen molar-refractivity contribution in [3.8, 4) is 5.75 Å². The molecule has 0 radical (unpaired) electrons. The number of nitrogens with zero attached hydrogens (tertiary/aromatic N) is 3. The number of imidazole rings is 1. The Hall–Kier alpha value is -3.53.